The first-order chi connectivity index (χ1) is 13.8. The standard InChI is InChI=1S/C19H15Cl2F2N3O3/c1-10-6-25-17(20)5-15(10)26-12(8-28-2)4-16(18(21)19(26)27)29-9-14-13(23)3-11(22)7-24-14/h3-7H,8-9H2,1-2H3. The Morgan fingerprint density at radius 3 is 2.55 bits per heavy atom. The molecule has 0 amide bonds. The van der Waals surface area contributed by atoms with Gasteiger partial charge in [-0.3, -0.25) is 14.3 Å². The van der Waals surface area contributed by atoms with E-state index >= 15 is 0 Å². The molecule has 3 aromatic rings. The van der Waals surface area contributed by atoms with Crippen molar-refractivity contribution >= 4 is 23.2 Å². The molecule has 0 aromatic carbocycles. The molecular formula is C19H15Cl2F2N3O3. The van der Waals surface area contributed by atoms with E-state index < -0.39 is 17.2 Å². The molecule has 0 saturated carbocycles. The third-order valence-electron chi connectivity index (χ3n) is 4.02. The minimum Gasteiger partial charge on any atom is -0.485 e. The molecule has 3 heterocycles. The molecule has 3 rings (SSSR count). The molecular weight excluding hydrogens is 427 g/mol. The van der Waals surface area contributed by atoms with Crippen LogP contribution < -0.4 is 10.3 Å². The van der Waals surface area contributed by atoms with Gasteiger partial charge >= 0.3 is 0 Å². The molecule has 0 saturated heterocycles. The Kier molecular flexibility index (Phi) is 6.46. The molecule has 0 spiro atoms. The van der Waals surface area contributed by atoms with Crippen molar-refractivity contribution in [3.8, 4) is 11.4 Å². The van der Waals surface area contributed by atoms with Crippen LogP contribution in [0.25, 0.3) is 5.69 Å². The van der Waals surface area contributed by atoms with E-state index in [0.29, 0.717) is 23.0 Å². The Morgan fingerprint density at radius 2 is 1.86 bits per heavy atom. The van der Waals surface area contributed by atoms with Gasteiger partial charge in [-0.2, -0.15) is 0 Å². The molecule has 0 bridgehead atoms. The van der Waals surface area contributed by atoms with E-state index in [1.165, 1.54) is 30.0 Å². The average molecular weight is 442 g/mol. The average Bonchev–Trinajstić information content (AvgIpc) is 2.67. The van der Waals surface area contributed by atoms with Gasteiger partial charge < -0.3 is 9.47 Å². The second-order valence-electron chi connectivity index (χ2n) is 6.05. The van der Waals surface area contributed by atoms with E-state index in [1.54, 1.807) is 6.92 Å². The van der Waals surface area contributed by atoms with Gasteiger partial charge in [-0.15, -0.1) is 0 Å². The number of ether oxygens (including phenoxy) is 2. The zero-order chi connectivity index (χ0) is 21.1. The van der Waals surface area contributed by atoms with E-state index in [4.69, 9.17) is 32.7 Å². The molecule has 0 N–H and O–H groups in total. The highest BCUT2D eigenvalue weighted by molar-refractivity contribution is 6.32. The number of aryl methyl sites for hydroxylation is 1. The van der Waals surface area contributed by atoms with E-state index in [1.807, 2.05) is 0 Å². The molecule has 10 heteroatoms. The maximum absolute atomic E-state index is 13.8. The summed E-state index contributed by atoms with van der Waals surface area (Å²) in [4.78, 5) is 20.6. The molecule has 0 unspecified atom stereocenters. The van der Waals surface area contributed by atoms with Gasteiger partial charge in [-0.25, -0.2) is 13.8 Å². The highest BCUT2D eigenvalue weighted by atomic mass is 35.5. The number of halogens is 4. The first-order valence-corrected chi connectivity index (χ1v) is 9.06. The van der Waals surface area contributed by atoms with Crippen LogP contribution in [-0.4, -0.2) is 21.6 Å². The van der Waals surface area contributed by atoms with E-state index in [9.17, 15) is 13.6 Å². The van der Waals surface area contributed by atoms with Crippen molar-refractivity contribution in [2.45, 2.75) is 20.1 Å². The second-order valence-corrected chi connectivity index (χ2v) is 6.82. The van der Waals surface area contributed by atoms with Crippen molar-refractivity contribution in [2.24, 2.45) is 0 Å². The normalized spacial score (nSPS) is 11.0. The lowest BCUT2D eigenvalue weighted by Crippen LogP contribution is -2.24. The third-order valence-corrected chi connectivity index (χ3v) is 4.57. The zero-order valence-electron chi connectivity index (χ0n) is 15.4. The fourth-order valence-electron chi connectivity index (χ4n) is 2.66. The van der Waals surface area contributed by atoms with Crippen LogP contribution in [0.3, 0.4) is 0 Å². The Labute approximate surface area is 174 Å². The highest BCUT2D eigenvalue weighted by Gasteiger charge is 2.18. The summed E-state index contributed by atoms with van der Waals surface area (Å²) in [6.07, 6.45) is 2.40. The highest BCUT2D eigenvalue weighted by Crippen LogP contribution is 2.27. The number of rotatable bonds is 6. The predicted molar refractivity (Wildman–Crippen MR) is 104 cm³/mol. The lowest BCUT2D eigenvalue weighted by molar-refractivity contribution is 0.178. The Hall–Kier alpha value is -2.55. The SMILES string of the molecule is COCc1cc(OCc2ncc(F)cc2F)c(Cl)c(=O)n1-c1cc(Cl)ncc1C. The van der Waals surface area contributed by atoms with Gasteiger partial charge in [0.1, 0.15) is 34.0 Å². The Balaban J connectivity index is 2.04. The molecule has 3 aromatic heterocycles. The number of nitrogens with zero attached hydrogens (tertiary/aromatic N) is 3. The van der Waals surface area contributed by atoms with Crippen molar-refractivity contribution in [3.63, 3.8) is 0 Å². The molecule has 0 aliphatic heterocycles. The summed E-state index contributed by atoms with van der Waals surface area (Å²) < 4.78 is 38.8. The summed E-state index contributed by atoms with van der Waals surface area (Å²) in [5, 5.41) is -0.0186. The van der Waals surface area contributed by atoms with Gasteiger partial charge in [0, 0.05) is 25.4 Å². The fourth-order valence-corrected chi connectivity index (χ4v) is 3.01. The molecule has 29 heavy (non-hydrogen) atoms. The summed E-state index contributed by atoms with van der Waals surface area (Å²) in [5.74, 6) is -1.66. The van der Waals surface area contributed by atoms with Crippen LogP contribution >= 0.6 is 23.2 Å². The predicted octanol–water partition coefficient (Wildman–Crippen LogP) is 4.25. The minimum absolute atomic E-state index is 0.0169. The van der Waals surface area contributed by atoms with Crippen molar-refractivity contribution in [1.29, 1.82) is 0 Å². The topological polar surface area (TPSA) is 66.2 Å². The van der Waals surface area contributed by atoms with Crippen LogP contribution in [0.4, 0.5) is 8.78 Å². The van der Waals surface area contributed by atoms with Gasteiger partial charge in [-0.05, 0) is 18.6 Å². The second kappa shape index (κ2) is 8.86. The number of hydrogen-bond acceptors (Lipinski definition) is 5. The van der Waals surface area contributed by atoms with Crippen LogP contribution in [0.5, 0.6) is 5.75 Å². The first kappa shape index (κ1) is 21.2. The monoisotopic (exact) mass is 441 g/mol. The third kappa shape index (κ3) is 4.55. The Bertz CT molecular complexity index is 1120. The largest absolute Gasteiger partial charge is 0.485 e. The molecule has 0 radical (unpaired) electrons. The van der Waals surface area contributed by atoms with E-state index in [-0.39, 0.29) is 34.8 Å². The maximum Gasteiger partial charge on any atom is 0.277 e. The van der Waals surface area contributed by atoms with Crippen LogP contribution in [0.2, 0.25) is 10.2 Å². The molecule has 0 atom stereocenters. The number of aromatic nitrogens is 3. The van der Waals surface area contributed by atoms with Gasteiger partial charge in [-0.1, -0.05) is 23.2 Å². The summed E-state index contributed by atoms with van der Waals surface area (Å²) in [6.45, 7) is 1.48. The zero-order valence-corrected chi connectivity index (χ0v) is 16.9. The number of pyridine rings is 3. The molecule has 152 valence electrons. The van der Waals surface area contributed by atoms with Crippen LogP contribution in [-0.2, 0) is 18.0 Å². The first-order valence-electron chi connectivity index (χ1n) is 8.30. The lowest BCUT2D eigenvalue weighted by atomic mass is 10.2. The fraction of sp³-hybridized carbons (Fsp3) is 0.211. The quantitative estimate of drug-likeness (QED) is 0.535. The minimum atomic E-state index is -0.867. The number of hydrogen-bond donors (Lipinski definition) is 0. The maximum atomic E-state index is 13.8. The van der Waals surface area contributed by atoms with Gasteiger partial charge in [0.15, 0.2) is 5.82 Å². The van der Waals surface area contributed by atoms with E-state index in [0.717, 1.165) is 6.20 Å². The summed E-state index contributed by atoms with van der Waals surface area (Å²) in [5.41, 5.74) is 0.901. The smallest absolute Gasteiger partial charge is 0.277 e. The van der Waals surface area contributed by atoms with E-state index in [2.05, 4.69) is 9.97 Å². The van der Waals surface area contributed by atoms with Crippen LogP contribution in [0.15, 0.2) is 35.4 Å². The van der Waals surface area contributed by atoms with Crippen molar-refractivity contribution in [3.05, 3.63) is 79.7 Å². The van der Waals surface area contributed by atoms with Crippen molar-refractivity contribution < 1.29 is 18.3 Å². The van der Waals surface area contributed by atoms with Crippen LogP contribution in [0, 0.1) is 18.6 Å². The van der Waals surface area contributed by atoms with Gasteiger partial charge in [0.25, 0.3) is 5.56 Å². The summed E-state index contributed by atoms with van der Waals surface area (Å²) in [6, 6.07) is 3.73. The van der Waals surface area contributed by atoms with Gasteiger partial charge in [0.2, 0.25) is 0 Å². The summed E-state index contributed by atoms with van der Waals surface area (Å²) in [7, 11) is 1.47. The Morgan fingerprint density at radius 1 is 1.10 bits per heavy atom. The molecule has 0 fully saturated rings. The van der Waals surface area contributed by atoms with Crippen molar-refractivity contribution in [1.82, 2.24) is 14.5 Å². The molecule has 0 aliphatic carbocycles. The summed E-state index contributed by atoms with van der Waals surface area (Å²) >= 11 is 12.2. The molecule has 6 nitrogen and oxygen atoms in total. The van der Waals surface area contributed by atoms with Crippen LogP contribution in [0.1, 0.15) is 17.0 Å². The molecule has 0 aliphatic rings. The lowest BCUT2D eigenvalue weighted by Gasteiger charge is -2.17. The van der Waals surface area contributed by atoms with Gasteiger partial charge in [0.05, 0.1) is 24.2 Å². The number of methoxy groups -OCH3 is 1. The van der Waals surface area contributed by atoms with Crippen molar-refractivity contribution in [2.75, 3.05) is 7.11 Å².